The van der Waals surface area contributed by atoms with E-state index in [9.17, 15) is 0 Å². The molecule has 1 fully saturated rings. The van der Waals surface area contributed by atoms with Crippen LogP contribution in [0.2, 0.25) is 5.02 Å². The van der Waals surface area contributed by atoms with Gasteiger partial charge < -0.3 is 10.1 Å². The molecule has 3 heteroatoms. The topological polar surface area (TPSA) is 21.3 Å². The van der Waals surface area contributed by atoms with E-state index in [0.29, 0.717) is 12.0 Å². The van der Waals surface area contributed by atoms with Crippen LogP contribution in [0.1, 0.15) is 40.0 Å². The summed E-state index contributed by atoms with van der Waals surface area (Å²) in [5, 5.41) is 4.15. The zero-order chi connectivity index (χ0) is 15.2. The number of nitrogens with one attached hydrogen (secondary N) is 1. The van der Waals surface area contributed by atoms with E-state index in [1.807, 2.05) is 24.3 Å². The van der Waals surface area contributed by atoms with Crippen molar-refractivity contribution >= 4 is 17.3 Å². The number of hydrogen-bond donors (Lipinski definition) is 1. The molecule has 118 valence electrons. The van der Waals surface area contributed by atoms with Crippen molar-refractivity contribution in [2.24, 2.45) is 17.8 Å². The Morgan fingerprint density at radius 2 is 1.95 bits per heavy atom. The highest BCUT2D eigenvalue weighted by Crippen LogP contribution is 2.35. The van der Waals surface area contributed by atoms with Crippen molar-refractivity contribution in [3.8, 4) is 0 Å². The number of rotatable bonds is 6. The minimum Gasteiger partial charge on any atom is -0.383 e. The third-order valence-corrected chi connectivity index (χ3v) is 4.82. The van der Waals surface area contributed by atoms with Gasteiger partial charge in [0.1, 0.15) is 0 Å². The molecule has 0 aliphatic heterocycles. The summed E-state index contributed by atoms with van der Waals surface area (Å²) in [5.74, 6) is 2.23. The molecule has 0 saturated heterocycles. The zero-order valence-electron chi connectivity index (χ0n) is 13.4. The van der Waals surface area contributed by atoms with Crippen LogP contribution in [0.4, 0.5) is 5.69 Å². The van der Waals surface area contributed by atoms with Gasteiger partial charge in [0.25, 0.3) is 0 Å². The van der Waals surface area contributed by atoms with Gasteiger partial charge in [-0.2, -0.15) is 0 Å². The van der Waals surface area contributed by atoms with Crippen molar-refractivity contribution in [1.82, 2.24) is 0 Å². The molecule has 0 spiro atoms. The minimum absolute atomic E-state index is 0.431. The molecule has 0 amide bonds. The van der Waals surface area contributed by atoms with E-state index in [0.717, 1.165) is 35.7 Å². The second-order valence-corrected chi connectivity index (χ2v) is 7.11. The predicted octanol–water partition coefficient (Wildman–Crippen LogP) is 5.23. The zero-order valence-corrected chi connectivity index (χ0v) is 14.2. The van der Waals surface area contributed by atoms with Crippen LogP contribution in [0, 0.1) is 17.8 Å². The average Bonchev–Trinajstić information content (AvgIpc) is 2.45. The molecule has 1 aliphatic carbocycles. The second-order valence-electron chi connectivity index (χ2n) is 6.67. The molecule has 0 heterocycles. The molecule has 1 aromatic rings. The van der Waals surface area contributed by atoms with Gasteiger partial charge in [0.05, 0.1) is 12.7 Å². The maximum atomic E-state index is 6.18. The predicted molar refractivity (Wildman–Crippen MR) is 91.0 cm³/mol. The van der Waals surface area contributed by atoms with Gasteiger partial charge in [0.2, 0.25) is 0 Å². The maximum Gasteiger partial charge on any atom is 0.0642 e. The van der Waals surface area contributed by atoms with Gasteiger partial charge in [0, 0.05) is 17.3 Å². The summed E-state index contributed by atoms with van der Waals surface area (Å²) in [7, 11) is 0. The minimum atomic E-state index is 0.431. The van der Waals surface area contributed by atoms with Crippen molar-refractivity contribution in [3.05, 3.63) is 29.3 Å². The lowest BCUT2D eigenvalue weighted by atomic mass is 9.75. The van der Waals surface area contributed by atoms with Gasteiger partial charge in [-0.25, -0.2) is 0 Å². The van der Waals surface area contributed by atoms with Crippen LogP contribution >= 0.6 is 11.6 Å². The van der Waals surface area contributed by atoms with Crippen LogP contribution in [0.25, 0.3) is 0 Å². The van der Waals surface area contributed by atoms with Crippen molar-refractivity contribution in [1.29, 1.82) is 0 Å². The van der Waals surface area contributed by atoms with E-state index < -0.39 is 0 Å². The summed E-state index contributed by atoms with van der Waals surface area (Å²) in [6, 6.07) is 7.81. The van der Waals surface area contributed by atoms with Gasteiger partial charge >= 0.3 is 0 Å². The van der Waals surface area contributed by atoms with E-state index in [-0.39, 0.29) is 0 Å². The largest absolute Gasteiger partial charge is 0.383 e. The van der Waals surface area contributed by atoms with Gasteiger partial charge in [-0.15, -0.1) is 0 Å². The highest BCUT2D eigenvalue weighted by atomic mass is 35.5. The monoisotopic (exact) mass is 309 g/mol. The molecule has 2 nitrogen and oxygen atoms in total. The first-order valence-corrected chi connectivity index (χ1v) is 8.55. The van der Waals surface area contributed by atoms with Crippen LogP contribution < -0.4 is 5.32 Å². The molecule has 2 rings (SSSR count). The Balaban J connectivity index is 1.74. The SMILES string of the molecule is CC1CCC(C(C)C)C(OCCNc2ccc(Cl)cc2)C1. The lowest BCUT2D eigenvalue weighted by Crippen LogP contribution is -2.35. The third-order valence-electron chi connectivity index (χ3n) is 4.57. The summed E-state index contributed by atoms with van der Waals surface area (Å²) in [4.78, 5) is 0. The number of ether oxygens (including phenoxy) is 1. The molecule has 0 radical (unpaired) electrons. The molecule has 3 atom stereocenters. The summed E-state index contributed by atoms with van der Waals surface area (Å²) >= 11 is 5.88. The Labute approximate surface area is 134 Å². The van der Waals surface area contributed by atoms with Gasteiger partial charge in [-0.1, -0.05) is 38.8 Å². The summed E-state index contributed by atoms with van der Waals surface area (Å²) < 4.78 is 6.18. The molecule has 3 unspecified atom stereocenters. The summed E-state index contributed by atoms with van der Waals surface area (Å²) in [6.45, 7) is 8.60. The molecular weight excluding hydrogens is 282 g/mol. The van der Waals surface area contributed by atoms with Crippen LogP contribution in [-0.2, 0) is 4.74 Å². The van der Waals surface area contributed by atoms with Crippen molar-refractivity contribution in [2.45, 2.75) is 46.1 Å². The fraction of sp³-hybridized carbons (Fsp3) is 0.667. The first kappa shape index (κ1) is 16.6. The van der Waals surface area contributed by atoms with Gasteiger partial charge in [-0.3, -0.25) is 0 Å². The molecule has 1 aliphatic rings. The van der Waals surface area contributed by atoms with Crippen LogP contribution in [0.5, 0.6) is 0 Å². The third kappa shape index (κ3) is 5.19. The van der Waals surface area contributed by atoms with Gasteiger partial charge in [0.15, 0.2) is 0 Å². The Bertz CT molecular complexity index is 418. The lowest BCUT2D eigenvalue weighted by molar-refractivity contribution is -0.0340. The summed E-state index contributed by atoms with van der Waals surface area (Å²) in [6.07, 6.45) is 4.31. The Morgan fingerprint density at radius 3 is 2.62 bits per heavy atom. The first-order valence-electron chi connectivity index (χ1n) is 8.17. The summed E-state index contributed by atoms with van der Waals surface area (Å²) in [5.41, 5.74) is 1.10. The van der Waals surface area contributed by atoms with E-state index in [1.54, 1.807) is 0 Å². The van der Waals surface area contributed by atoms with Crippen molar-refractivity contribution in [3.63, 3.8) is 0 Å². The molecule has 21 heavy (non-hydrogen) atoms. The van der Waals surface area contributed by atoms with Crippen molar-refractivity contribution in [2.75, 3.05) is 18.5 Å². The Kier molecular flexibility index (Phi) is 6.38. The molecule has 0 aromatic heterocycles. The van der Waals surface area contributed by atoms with E-state index in [1.165, 1.54) is 19.3 Å². The van der Waals surface area contributed by atoms with Gasteiger partial charge in [-0.05, 0) is 54.9 Å². The number of anilines is 1. The number of hydrogen-bond acceptors (Lipinski definition) is 2. The molecule has 1 saturated carbocycles. The Hall–Kier alpha value is -0.730. The molecule has 1 N–H and O–H groups in total. The highest BCUT2D eigenvalue weighted by Gasteiger charge is 2.31. The average molecular weight is 310 g/mol. The van der Waals surface area contributed by atoms with Crippen LogP contribution in [-0.4, -0.2) is 19.3 Å². The number of halogens is 1. The van der Waals surface area contributed by atoms with E-state index in [4.69, 9.17) is 16.3 Å². The van der Waals surface area contributed by atoms with Crippen LogP contribution in [0.3, 0.4) is 0 Å². The Morgan fingerprint density at radius 1 is 1.24 bits per heavy atom. The maximum absolute atomic E-state index is 6.18. The van der Waals surface area contributed by atoms with E-state index in [2.05, 4.69) is 26.1 Å². The standard InChI is InChI=1S/C18H28ClNO/c1-13(2)17-9-4-14(3)12-18(17)21-11-10-20-16-7-5-15(19)6-8-16/h5-8,13-14,17-18,20H,4,9-12H2,1-3H3. The molecule has 1 aromatic carbocycles. The normalized spacial score (nSPS) is 26.0. The van der Waals surface area contributed by atoms with E-state index >= 15 is 0 Å². The molecule has 0 bridgehead atoms. The number of benzene rings is 1. The highest BCUT2D eigenvalue weighted by molar-refractivity contribution is 6.30. The fourth-order valence-corrected chi connectivity index (χ4v) is 3.41. The molecular formula is C18H28ClNO. The van der Waals surface area contributed by atoms with Crippen LogP contribution in [0.15, 0.2) is 24.3 Å². The second kappa shape index (κ2) is 8.05. The first-order chi connectivity index (χ1) is 10.1. The smallest absolute Gasteiger partial charge is 0.0642 e. The van der Waals surface area contributed by atoms with Crippen molar-refractivity contribution < 1.29 is 4.74 Å². The fourth-order valence-electron chi connectivity index (χ4n) is 3.28. The quantitative estimate of drug-likeness (QED) is 0.727. The lowest BCUT2D eigenvalue weighted by Gasteiger charge is -2.37.